The molecule has 0 saturated carbocycles. The van der Waals surface area contributed by atoms with Crippen molar-refractivity contribution in [1.29, 1.82) is 0 Å². The first-order chi connectivity index (χ1) is 10.3. The van der Waals surface area contributed by atoms with E-state index in [1.165, 1.54) is 44.9 Å². The molecule has 0 amide bonds. The van der Waals surface area contributed by atoms with Crippen LogP contribution in [0.15, 0.2) is 6.20 Å². The highest BCUT2D eigenvalue weighted by Crippen LogP contribution is 2.10. The Morgan fingerprint density at radius 1 is 1.10 bits per heavy atom. The van der Waals surface area contributed by atoms with Gasteiger partial charge in [-0.25, -0.2) is 4.68 Å². The molecule has 0 atom stereocenters. The highest BCUT2D eigenvalue weighted by Gasteiger charge is 2.06. The van der Waals surface area contributed by atoms with E-state index in [1.54, 1.807) is 11.6 Å². The summed E-state index contributed by atoms with van der Waals surface area (Å²) < 4.78 is 6.43. The fourth-order valence-corrected chi connectivity index (χ4v) is 2.31. The summed E-state index contributed by atoms with van der Waals surface area (Å²) in [5.41, 5.74) is 0.963. The van der Waals surface area contributed by atoms with Gasteiger partial charge >= 0.3 is 5.97 Å². The summed E-state index contributed by atoms with van der Waals surface area (Å²) in [4.78, 5) is 11.3. The maximum Gasteiger partial charge on any atom is 0.327 e. The molecule has 0 aromatic carbocycles. The summed E-state index contributed by atoms with van der Waals surface area (Å²) in [5.74, 6) is -0.263. The van der Waals surface area contributed by atoms with Crippen LogP contribution in [-0.2, 0) is 22.5 Å². The van der Waals surface area contributed by atoms with Crippen LogP contribution in [0.4, 0.5) is 0 Å². The Balaban J connectivity index is 2.07. The molecule has 0 aliphatic heterocycles. The van der Waals surface area contributed by atoms with Crippen molar-refractivity contribution < 1.29 is 9.53 Å². The van der Waals surface area contributed by atoms with Crippen molar-refractivity contribution in [3.63, 3.8) is 0 Å². The lowest BCUT2D eigenvalue weighted by Gasteiger charge is -2.00. The largest absolute Gasteiger partial charge is 0.465 e. The van der Waals surface area contributed by atoms with E-state index >= 15 is 0 Å². The number of hydrogen-bond donors (Lipinski definition) is 0. The lowest BCUT2D eigenvalue weighted by Crippen LogP contribution is -2.13. The zero-order valence-corrected chi connectivity index (χ0v) is 13.5. The minimum absolute atomic E-state index is 0.151. The summed E-state index contributed by atoms with van der Waals surface area (Å²) in [6.45, 7) is 4.60. The number of aromatic nitrogens is 3. The number of aryl methyl sites for hydroxylation is 1. The summed E-state index contributed by atoms with van der Waals surface area (Å²) in [6, 6.07) is 0. The van der Waals surface area contributed by atoms with Gasteiger partial charge in [0.05, 0.1) is 12.3 Å². The fourth-order valence-electron chi connectivity index (χ4n) is 2.31. The molecule has 5 nitrogen and oxygen atoms in total. The quantitative estimate of drug-likeness (QED) is 0.437. The SMILES string of the molecule is CCCCCCCCCCc1cn(CC(=O)OCC)nn1. The molecule has 0 N–H and O–H groups in total. The Kier molecular flexibility index (Phi) is 9.49. The molecule has 0 aliphatic carbocycles. The number of carbonyl (C=O) groups excluding carboxylic acids is 1. The summed E-state index contributed by atoms with van der Waals surface area (Å²) >= 11 is 0. The van der Waals surface area contributed by atoms with Gasteiger partial charge in [0.1, 0.15) is 6.54 Å². The van der Waals surface area contributed by atoms with Crippen molar-refractivity contribution in [3.8, 4) is 0 Å². The van der Waals surface area contributed by atoms with Crippen molar-refractivity contribution in [2.24, 2.45) is 0 Å². The molecule has 1 heterocycles. The van der Waals surface area contributed by atoms with Gasteiger partial charge in [0.15, 0.2) is 0 Å². The zero-order valence-electron chi connectivity index (χ0n) is 13.5. The van der Waals surface area contributed by atoms with Crippen molar-refractivity contribution in [2.75, 3.05) is 6.61 Å². The van der Waals surface area contributed by atoms with E-state index in [-0.39, 0.29) is 12.5 Å². The highest BCUT2D eigenvalue weighted by molar-refractivity contribution is 5.68. The molecular formula is C16H29N3O2. The molecule has 0 aliphatic rings. The van der Waals surface area contributed by atoms with Crippen molar-refractivity contribution in [2.45, 2.75) is 78.2 Å². The number of hydrogen-bond acceptors (Lipinski definition) is 4. The van der Waals surface area contributed by atoms with Gasteiger partial charge in [0.25, 0.3) is 0 Å². The van der Waals surface area contributed by atoms with Crippen LogP contribution in [0.2, 0.25) is 0 Å². The van der Waals surface area contributed by atoms with E-state index in [2.05, 4.69) is 17.2 Å². The molecule has 0 radical (unpaired) electrons. The number of unbranched alkanes of at least 4 members (excludes halogenated alkanes) is 7. The second kappa shape index (κ2) is 11.3. The number of esters is 1. The number of nitrogens with zero attached hydrogens (tertiary/aromatic N) is 3. The molecule has 0 bridgehead atoms. The Labute approximate surface area is 128 Å². The number of rotatable bonds is 12. The molecule has 1 rings (SSSR count). The van der Waals surface area contributed by atoms with E-state index in [4.69, 9.17) is 4.74 Å². The smallest absolute Gasteiger partial charge is 0.327 e. The molecule has 0 saturated heterocycles. The van der Waals surface area contributed by atoms with Gasteiger partial charge < -0.3 is 4.74 Å². The molecule has 5 heteroatoms. The lowest BCUT2D eigenvalue weighted by molar-refractivity contribution is -0.144. The predicted octanol–water partition coefficient (Wildman–Crippen LogP) is 3.52. The molecule has 0 spiro atoms. The second-order valence-corrected chi connectivity index (χ2v) is 5.44. The first kappa shape index (κ1) is 17.7. The zero-order chi connectivity index (χ0) is 15.3. The van der Waals surface area contributed by atoms with Crippen LogP contribution in [0, 0.1) is 0 Å². The number of carbonyl (C=O) groups is 1. The first-order valence-electron chi connectivity index (χ1n) is 8.30. The molecule has 0 unspecified atom stereocenters. The second-order valence-electron chi connectivity index (χ2n) is 5.44. The first-order valence-corrected chi connectivity index (χ1v) is 8.30. The Morgan fingerprint density at radius 3 is 2.43 bits per heavy atom. The van der Waals surface area contributed by atoms with Crippen LogP contribution in [0.5, 0.6) is 0 Å². The lowest BCUT2D eigenvalue weighted by atomic mass is 10.1. The van der Waals surface area contributed by atoms with E-state index in [0.717, 1.165) is 18.5 Å². The normalized spacial score (nSPS) is 10.8. The van der Waals surface area contributed by atoms with Crippen LogP contribution in [0.25, 0.3) is 0 Å². The Bertz CT molecular complexity index is 391. The van der Waals surface area contributed by atoms with E-state index in [0.29, 0.717) is 6.61 Å². The Hall–Kier alpha value is -1.39. The van der Waals surface area contributed by atoms with Gasteiger partial charge in [0, 0.05) is 6.20 Å². The molecule has 0 fully saturated rings. The van der Waals surface area contributed by atoms with Crippen molar-refractivity contribution >= 4 is 5.97 Å². The minimum Gasteiger partial charge on any atom is -0.465 e. The van der Waals surface area contributed by atoms with Crippen LogP contribution >= 0.6 is 0 Å². The van der Waals surface area contributed by atoms with Crippen LogP contribution in [-0.4, -0.2) is 27.6 Å². The average molecular weight is 295 g/mol. The van der Waals surface area contributed by atoms with E-state index in [9.17, 15) is 4.79 Å². The summed E-state index contributed by atoms with van der Waals surface area (Å²) in [6.07, 6.45) is 13.2. The van der Waals surface area contributed by atoms with Crippen molar-refractivity contribution in [1.82, 2.24) is 15.0 Å². The Morgan fingerprint density at radius 2 is 1.76 bits per heavy atom. The molecule has 120 valence electrons. The topological polar surface area (TPSA) is 57.0 Å². The summed E-state index contributed by atoms with van der Waals surface area (Å²) in [5, 5.41) is 8.05. The third kappa shape index (κ3) is 8.48. The maximum absolute atomic E-state index is 11.3. The van der Waals surface area contributed by atoms with E-state index < -0.39 is 0 Å². The molecule has 21 heavy (non-hydrogen) atoms. The maximum atomic E-state index is 11.3. The summed E-state index contributed by atoms with van der Waals surface area (Å²) in [7, 11) is 0. The van der Waals surface area contributed by atoms with Gasteiger partial charge in [0.2, 0.25) is 0 Å². The third-order valence-electron chi connectivity index (χ3n) is 3.47. The minimum atomic E-state index is -0.263. The van der Waals surface area contributed by atoms with E-state index in [1.807, 2.05) is 6.20 Å². The third-order valence-corrected chi connectivity index (χ3v) is 3.47. The monoisotopic (exact) mass is 295 g/mol. The molecular weight excluding hydrogens is 266 g/mol. The predicted molar refractivity (Wildman–Crippen MR) is 83.0 cm³/mol. The molecule has 1 aromatic heterocycles. The van der Waals surface area contributed by atoms with Gasteiger partial charge in [-0.2, -0.15) is 0 Å². The van der Waals surface area contributed by atoms with Crippen LogP contribution in [0.1, 0.15) is 70.9 Å². The average Bonchev–Trinajstić information content (AvgIpc) is 2.89. The van der Waals surface area contributed by atoms with Gasteiger partial charge in [-0.1, -0.05) is 57.1 Å². The van der Waals surface area contributed by atoms with Crippen molar-refractivity contribution in [3.05, 3.63) is 11.9 Å². The van der Waals surface area contributed by atoms with Gasteiger partial charge in [-0.3, -0.25) is 4.79 Å². The van der Waals surface area contributed by atoms with Gasteiger partial charge in [-0.15, -0.1) is 5.10 Å². The fraction of sp³-hybridized carbons (Fsp3) is 0.812. The van der Waals surface area contributed by atoms with Crippen LogP contribution in [0.3, 0.4) is 0 Å². The van der Waals surface area contributed by atoms with Gasteiger partial charge in [-0.05, 0) is 19.8 Å². The standard InChI is InChI=1S/C16H29N3O2/c1-3-5-6-7-8-9-10-11-12-15-13-19(18-17-15)14-16(20)21-4-2/h13H,3-12,14H2,1-2H3. The van der Waals surface area contributed by atoms with Crippen LogP contribution < -0.4 is 0 Å². The highest BCUT2D eigenvalue weighted by atomic mass is 16.5. The molecule has 1 aromatic rings. The number of ether oxygens (including phenoxy) is 1.